The van der Waals surface area contributed by atoms with Crippen LogP contribution < -0.4 is 5.73 Å². The van der Waals surface area contributed by atoms with E-state index in [1.807, 2.05) is 57.4 Å². The van der Waals surface area contributed by atoms with Crippen LogP contribution in [-0.4, -0.2) is 45.2 Å². The van der Waals surface area contributed by atoms with E-state index in [4.69, 9.17) is 10.7 Å². The highest BCUT2D eigenvalue weighted by atomic mass is 35.5. The van der Waals surface area contributed by atoms with Crippen molar-refractivity contribution in [3.05, 3.63) is 47.7 Å². The monoisotopic (exact) mass is 451 g/mol. The van der Waals surface area contributed by atoms with Gasteiger partial charge >= 0.3 is 0 Å². The van der Waals surface area contributed by atoms with E-state index in [1.54, 1.807) is 9.58 Å². The number of aryl methyl sites for hydroxylation is 2. The van der Waals surface area contributed by atoms with Crippen molar-refractivity contribution >= 4 is 41.8 Å². The fraction of sp³-hybridized carbons (Fsp3) is 0.409. The fourth-order valence-electron chi connectivity index (χ4n) is 3.35. The molecule has 2 N–H and O–H groups in total. The molecule has 0 spiro atoms. The number of benzene rings is 1. The summed E-state index contributed by atoms with van der Waals surface area (Å²) < 4.78 is 1.74. The molecule has 0 aliphatic rings. The summed E-state index contributed by atoms with van der Waals surface area (Å²) in [6.45, 7) is 6.73. The lowest BCUT2D eigenvalue weighted by atomic mass is 10.0. The number of fused-ring (bicyclic) bond motifs is 1. The Morgan fingerprint density at radius 3 is 2.43 bits per heavy atom. The maximum atomic E-state index is 13.3. The van der Waals surface area contributed by atoms with E-state index in [-0.39, 0.29) is 36.8 Å². The second-order valence-electron chi connectivity index (χ2n) is 7.75. The van der Waals surface area contributed by atoms with Gasteiger partial charge in [-0.1, -0.05) is 44.2 Å². The zero-order chi connectivity index (χ0) is 20.4. The second kappa shape index (κ2) is 10.8. The van der Waals surface area contributed by atoms with Crippen LogP contribution in [0, 0.1) is 12.8 Å². The number of halogens is 2. The van der Waals surface area contributed by atoms with Crippen LogP contribution in [-0.2, 0) is 7.05 Å². The Labute approximate surface area is 190 Å². The molecule has 0 aliphatic heterocycles. The molecule has 164 valence electrons. The van der Waals surface area contributed by atoms with Gasteiger partial charge in [0.25, 0.3) is 5.91 Å². The van der Waals surface area contributed by atoms with Crippen molar-refractivity contribution in [1.29, 1.82) is 0 Å². The third-order valence-electron chi connectivity index (χ3n) is 5.27. The Bertz CT molecular complexity index is 988. The number of hydrogen-bond acceptors (Lipinski definition) is 4. The number of aromatic nitrogens is 3. The Hall–Kier alpha value is -2.15. The average molecular weight is 452 g/mol. The third-order valence-corrected chi connectivity index (χ3v) is 5.27. The molecule has 2 aromatic heterocycles. The van der Waals surface area contributed by atoms with Crippen molar-refractivity contribution < 1.29 is 4.79 Å². The Morgan fingerprint density at radius 2 is 1.83 bits per heavy atom. The summed E-state index contributed by atoms with van der Waals surface area (Å²) in [5.74, 6) is 0.359. The van der Waals surface area contributed by atoms with Gasteiger partial charge in [-0.2, -0.15) is 5.10 Å². The topological polar surface area (TPSA) is 77.0 Å². The maximum absolute atomic E-state index is 13.3. The second-order valence-corrected chi connectivity index (χ2v) is 7.75. The highest BCUT2D eigenvalue weighted by Gasteiger charge is 2.22. The van der Waals surface area contributed by atoms with Crippen molar-refractivity contribution in [3.63, 3.8) is 0 Å². The Balaban J connectivity index is 0.00000225. The van der Waals surface area contributed by atoms with Crippen molar-refractivity contribution in [3.8, 4) is 11.3 Å². The molecule has 8 heteroatoms. The van der Waals surface area contributed by atoms with E-state index in [9.17, 15) is 4.79 Å². The summed E-state index contributed by atoms with van der Waals surface area (Å²) in [5.41, 5.74) is 10.1. The fourth-order valence-corrected chi connectivity index (χ4v) is 3.35. The first-order chi connectivity index (χ1) is 13.3. The van der Waals surface area contributed by atoms with Gasteiger partial charge in [0.15, 0.2) is 5.65 Å². The van der Waals surface area contributed by atoms with Crippen molar-refractivity contribution in [2.75, 3.05) is 13.6 Å². The van der Waals surface area contributed by atoms with E-state index in [0.29, 0.717) is 18.0 Å². The number of nitrogens with two attached hydrogens (primary N) is 1. The van der Waals surface area contributed by atoms with Gasteiger partial charge in [0.05, 0.1) is 22.3 Å². The van der Waals surface area contributed by atoms with Gasteiger partial charge in [-0.3, -0.25) is 9.48 Å². The molecule has 1 aromatic carbocycles. The molecule has 30 heavy (non-hydrogen) atoms. The number of carbonyl (C=O) groups is 1. The minimum Gasteiger partial charge on any atom is -0.342 e. The van der Waals surface area contributed by atoms with Crippen LogP contribution in [0.2, 0.25) is 0 Å². The van der Waals surface area contributed by atoms with Crippen LogP contribution in [0.5, 0.6) is 0 Å². The molecule has 1 unspecified atom stereocenters. The predicted octanol–water partition coefficient (Wildman–Crippen LogP) is 4.23. The van der Waals surface area contributed by atoms with Gasteiger partial charge in [0.2, 0.25) is 0 Å². The lowest BCUT2D eigenvalue weighted by Crippen LogP contribution is -2.34. The summed E-state index contributed by atoms with van der Waals surface area (Å²) in [6, 6.07) is 11.9. The summed E-state index contributed by atoms with van der Waals surface area (Å²) >= 11 is 0. The summed E-state index contributed by atoms with van der Waals surface area (Å²) in [7, 11) is 3.69. The predicted molar refractivity (Wildman–Crippen MR) is 128 cm³/mol. The van der Waals surface area contributed by atoms with Gasteiger partial charge in [-0.15, -0.1) is 24.8 Å². The molecule has 1 atom stereocenters. The smallest absolute Gasteiger partial charge is 0.254 e. The quantitative estimate of drug-likeness (QED) is 0.607. The molecule has 3 rings (SSSR count). The number of pyridine rings is 1. The van der Waals surface area contributed by atoms with E-state index in [0.717, 1.165) is 34.4 Å². The third kappa shape index (κ3) is 5.31. The van der Waals surface area contributed by atoms with Gasteiger partial charge < -0.3 is 10.6 Å². The van der Waals surface area contributed by atoms with Crippen molar-refractivity contribution in [2.24, 2.45) is 18.7 Å². The van der Waals surface area contributed by atoms with E-state index in [2.05, 4.69) is 18.9 Å². The van der Waals surface area contributed by atoms with Crippen LogP contribution in [0.15, 0.2) is 36.4 Å². The molecular weight excluding hydrogens is 421 g/mol. The molecule has 0 saturated heterocycles. The van der Waals surface area contributed by atoms with Gasteiger partial charge in [0.1, 0.15) is 0 Å². The average Bonchev–Trinajstić information content (AvgIpc) is 2.99. The highest BCUT2D eigenvalue weighted by molar-refractivity contribution is 6.07. The SMILES string of the molecule is Cc1nn(C)c2nc(-c3ccccc3)cc(C(=O)N(C)CCC(N)C(C)C)c12.Cl.Cl. The summed E-state index contributed by atoms with van der Waals surface area (Å²) in [5, 5.41) is 5.30. The lowest BCUT2D eigenvalue weighted by molar-refractivity contribution is 0.0791. The maximum Gasteiger partial charge on any atom is 0.254 e. The van der Waals surface area contributed by atoms with Gasteiger partial charge in [-0.25, -0.2) is 4.98 Å². The summed E-state index contributed by atoms with van der Waals surface area (Å²) in [4.78, 5) is 19.8. The number of nitrogens with zero attached hydrogens (tertiary/aromatic N) is 4. The Morgan fingerprint density at radius 1 is 1.20 bits per heavy atom. The zero-order valence-electron chi connectivity index (χ0n) is 18.1. The Kier molecular flexibility index (Phi) is 9.28. The van der Waals surface area contributed by atoms with Gasteiger partial charge in [0, 0.05) is 32.2 Å². The molecular formula is C22H31Cl2N5O. The standard InChI is InChI=1S/C22H29N5O.2ClH/c1-14(2)18(23)11-12-26(4)22(28)17-13-19(16-9-7-6-8-10-16)24-21-20(17)15(3)25-27(21)5;;/h6-10,13-14,18H,11-12,23H2,1-5H3;2*1H. The molecule has 0 fully saturated rings. The van der Waals surface area contributed by atoms with E-state index >= 15 is 0 Å². The lowest BCUT2D eigenvalue weighted by Gasteiger charge is -2.22. The van der Waals surface area contributed by atoms with Gasteiger partial charge in [-0.05, 0) is 25.3 Å². The number of rotatable bonds is 6. The number of carbonyl (C=O) groups excluding carboxylic acids is 1. The molecule has 3 aromatic rings. The number of hydrogen-bond donors (Lipinski definition) is 1. The minimum atomic E-state index is -0.0309. The molecule has 1 amide bonds. The van der Waals surface area contributed by atoms with Crippen molar-refractivity contribution in [2.45, 2.75) is 33.2 Å². The van der Waals surface area contributed by atoms with E-state index in [1.165, 1.54) is 0 Å². The zero-order valence-corrected chi connectivity index (χ0v) is 19.8. The van der Waals surface area contributed by atoms with Crippen LogP contribution in [0.4, 0.5) is 0 Å². The molecule has 0 saturated carbocycles. The molecule has 0 radical (unpaired) electrons. The molecule has 0 aliphatic carbocycles. The van der Waals surface area contributed by atoms with Crippen LogP contribution in [0.3, 0.4) is 0 Å². The molecule has 2 heterocycles. The van der Waals surface area contributed by atoms with E-state index < -0.39 is 0 Å². The molecule has 0 bridgehead atoms. The number of amides is 1. The van der Waals surface area contributed by atoms with Crippen LogP contribution >= 0.6 is 24.8 Å². The van der Waals surface area contributed by atoms with Crippen LogP contribution in [0.1, 0.15) is 36.3 Å². The first-order valence-corrected chi connectivity index (χ1v) is 9.70. The molecule has 6 nitrogen and oxygen atoms in total. The van der Waals surface area contributed by atoms with Crippen molar-refractivity contribution in [1.82, 2.24) is 19.7 Å². The minimum absolute atomic E-state index is 0. The van der Waals surface area contributed by atoms with Crippen LogP contribution in [0.25, 0.3) is 22.3 Å². The first kappa shape index (κ1) is 25.9. The first-order valence-electron chi connectivity index (χ1n) is 9.70. The normalized spacial score (nSPS) is 11.7. The highest BCUT2D eigenvalue weighted by Crippen LogP contribution is 2.27. The summed E-state index contributed by atoms with van der Waals surface area (Å²) in [6.07, 6.45) is 0.770. The largest absolute Gasteiger partial charge is 0.342 e.